The number of hydrogen-bond donors (Lipinski definition) is 1. The van der Waals surface area contributed by atoms with Gasteiger partial charge in [0.25, 0.3) is 11.8 Å². The first-order valence-corrected chi connectivity index (χ1v) is 9.21. The van der Waals surface area contributed by atoms with Crippen LogP contribution in [0.3, 0.4) is 0 Å². The lowest BCUT2D eigenvalue weighted by Crippen LogP contribution is -2.39. The average molecular weight is 375 g/mol. The van der Waals surface area contributed by atoms with Gasteiger partial charge in [-0.2, -0.15) is 0 Å². The normalized spacial score (nSPS) is 15.4. The van der Waals surface area contributed by atoms with Gasteiger partial charge in [-0.15, -0.1) is 11.3 Å². The minimum Gasteiger partial charge on any atom is -0.455 e. The van der Waals surface area contributed by atoms with Crippen molar-refractivity contribution >= 4 is 29.1 Å². The summed E-state index contributed by atoms with van der Waals surface area (Å²) in [4.78, 5) is 36.8. The Morgan fingerprint density at radius 2 is 1.85 bits per heavy atom. The SMILES string of the molecule is O=C(COC(=O)C1(c2ccccc2F)CCCC1)NC(=O)c1cccs1. The zero-order chi connectivity index (χ0) is 18.6. The molecule has 0 bridgehead atoms. The van der Waals surface area contributed by atoms with Gasteiger partial charge in [-0.25, -0.2) is 4.39 Å². The Hall–Kier alpha value is -2.54. The fourth-order valence-corrected chi connectivity index (χ4v) is 3.93. The molecule has 0 unspecified atom stereocenters. The van der Waals surface area contributed by atoms with Crippen LogP contribution in [0, 0.1) is 5.82 Å². The van der Waals surface area contributed by atoms with Crippen molar-refractivity contribution in [2.45, 2.75) is 31.1 Å². The number of thiophene rings is 1. The van der Waals surface area contributed by atoms with E-state index in [1.807, 2.05) is 0 Å². The van der Waals surface area contributed by atoms with E-state index < -0.39 is 35.6 Å². The number of esters is 1. The van der Waals surface area contributed by atoms with Gasteiger partial charge < -0.3 is 4.74 Å². The summed E-state index contributed by atoms with van der Waals surface area (Å²) in [6, 6.07) is 9.43. The van der Waals surface area contributed by atoms with E-state index in [1.165, 1.54) is 17.4 Å². The lowest BCUT2D eigenvalue weighted by Gasteiger charge is -2.27. The molecule has 7 heteroatoms. The van der Waals surface area contributed by atoms with Gasteiger partial charge in [0.2, 0.25) is 0 Å². The van der Waals surface area contributed by atoms with Crippen molar-refractivity contribution in [1.82, 2.24) is 5.32 Å². The Morgan fingerprint density at radius 3 is 2.50 bits per heavy atom. The molecule has 0 saturated heterocycles. The van der Waals surface area contributed by atoms with Gasteiger partial charge >= 0.3 is 5.97 Å². The zero-order valence-corrected chi connectivity index (χ0v) is 14.8. The molecule has 0 radical (unpaired) electrons. The van der Waals surface area contributed by atoms with Crippen molar-refractivity contribution in [3.05, 3.63) is 58.0 Å². The molecular formula is C19H18FNO4S. The highest BCUT2D eigenvalue weighted by Gasteiger charge is 2.45. The van der Waals surface area contributed by atoms with Gasteiger partial charge in [0.05, 0.1) is 10.3 Å². The maximum absolute atomic E-state index is 14.2. The number of carbonyl (C=O) groups is 3. The van der Waals surface area contributed by atoms with E-state index in [-0.39, 0.29) is 0 Å². The summed E-state index contributed by atoms with van der Waals surface area (Å²) in [7, 11) is 0. The van der Waals surface area contributed by atoms with Crippen LogP contribution in [-0.4, -0.2) is 24.4 Å². The van der Waals surface area contributed by atoms with Crippen LogP contribution >= 0.6 is 11.3 Å². The molecule has 136 valence electrons. The molecule has 3 rings (SSSR count). The van der Waals surface area contributed by atoms with Crippen molar-refractivity contribution in [1.29, 1.82) is 0 Å². The Morgan fingerprint density at radius 1 is 1.12 bits per heavy atom. The monoisotopic (exact) mass is 375 g/mol. The molecule has 1 aromatic carbocycles. The van der Waals surface area contributed by atoms with Gasteiger partial charge in [0.15, 0.2) is 6.61 Å². The maximum atomic E-state index is 14.2. The van der Waals surface area contributed by atoms with Crippen LogP contribution in [0.25, 0.3) is 0 Å². The van der Waals surface area contributed by atoms with Gasteiger partial charge in [0.1, 0.15) is 5.82 Å². The maximum Gasteiger partial charge on any atom is 0.317 e. The highest BCUT2D eigenvalue weighted by molar-refractivity contribution is 7.12. The number of amides is 2. The minimum atomic E-state index is -1.07. The molecule has 1 aromatic heterocycles. The summed E-state index contributed by atoms with van der Waals surface area (Å²) < 4.78 is 19.4. The van der Waals surface area contributed by atoms with Crippen LogP contribution in [0.5, 0.6) is 0 Å². The van der Waals surface area contributed by atoms with Gasteiger partial charge in [-0.1, -0.05) is 37.1 Å². The predicted molar refractivity (Wildman–Crippen MR) is 94.3 cm³/mol. The molecule has 1 N–H and O–H groups in total. The number of ether oxygens (including phenoxy) is 1. The Labute approximate surface area is 154 Å². The molecular weight excluding hydrogens is 357 g/mol. The van der Waals surface area contributed by atoms with Crippen molar-refractivity contribution in [2.24, 2.45) is 0 Å². The van der Waals surface area contributed by atoms with Crippen molar-refractivity contribution in [3.8, 4) is 0 Å². The number of halogens is 1. The third-order valence-corrected chi connectivity index (χ3v) is 5.44. The summed E-state index contributed by atoms with van der Waals surface area (Å²) in [6.07, 6.45) is 2.52. The van der Waals surface area contributed by atoms with E-state index in [1.54, 1.807) is 35.7 Å². The third kappa shape index (κ3) is 3.67. The van der Waals surface area contributed by atoms with Crippen LogP contribution in [0.4, 0.5) is 4.39 Å². The number of rotatable bonds is 5. The summed E-state index contributed by atoms with van der Waals surface area (Å²) >= 11 is 1.20. The quantitative estimate of drug-likeness (QED) is 0.815. The zero-order valence-electron chi connectivity index (χ0n) is 14.0. The van der Waals surface area contributed by atoms with E-state index in [4.69, 9.17) is 4.74 Å². The number of carbonyl (C=O) groups excluding carboxylic acids is 3. The minimum absolute atomic E-state index is 0.303. The smallest absolute Gasteiger partial charge is 0.317 e. The summed E-state index contributed by atoms with van der Waals surface area (Å²) in [5, 5.41) is 3.89. The fourth-order valence-electron chi connectivity index (χ4n) is 3.31. The molecule has 0 spiro atoms. The first-order chi connectivity index (χ1) is 12.5. The van der Waals surface area contributed by atoms with Gasteiger partial charge in [-0.3, -0.25) is 19.7 Å². The van der Waals surface area contributed by atoms with Crippen LogP contribution in [-0.2, 0) is 19.7 Å². The molecule has 0 atom stereocenters. The molecule has 5 nitrogen and oxygen atoms in total. The van der Waals surface area contributed by atoms with Crippen LogP contribution in [0.2, 0.25) is 0 Å². The van der Waals surface area contributed by atoms with Gasteiger partial charge in [-0.05, 0) is 30.4 Å². The highest BCUT2D eigenvalue weighted by Crippen LogP contribution is 2.43. The molecule has 1 aliphatic rings. The van der Waals surface area contributed by atoms with E-state index in [2.05, 4.69) is 5.32 Å². The second-order valence-corrected chi connectivity index (χ2v) is 7.15. The molecule has 1 heterocycles. The third-order valence-electron chi connectivity index (χ3n) is 4.57. The number of hydrogen-bond acceptors (Lipinski definition) is 5. The van der Waals surface area contributed by atoms with Crippen LogP contribution in [0.1, 0.15) is 40.9 Å². The van der Waals surface area contributed by atoms with Crippen molar-refractivity contribution in [3.63, 3.8) is 0 Å². The molecule has 0 aliphatic heterocycles. The van der Waals surface area contributed by atoms with Crippen molar-refractivity contribution in [2.75, 3.05) is 6.61 Å². The Kier molecular flexibility index (Phi) is 5.46. The van der Waals surface area contributed by atoms with Crippen molar-refractivity contribution < 1.29 is 23.5 Å². The van der Waals surface area contributed by atoms with Gasteiger partial charge in [0, 0.05) is 5.56 Å². The first kappa shape index (κ1) is 18.3. The van der Waals surface area contributed by atoms with E-state index in [0.29, 0.717) is 23.3 Å². The summed E-state index contributed by atoms with van der Waals surface area (Å²) in [6.45, 7) is -0.577. The average Bonchev–Trinajstić information content (AvgIpc) is 3.32. The lowest BCUT2D eigenvalue weighted by atomic mass is 9.78. The number of imide groups is 1. The lowest BCUT2D eigenvalue weighted by molar-refractivity contribution is -0.154. The molecule has 1 saturated carbocycles. The summed E-state index contributed by atoms with van der Waals surface area (Å²) in [5.74, 6) is -2.33. The highest BCUT2D eigenvalue weighted by atomic mass is 32.1. The van der Waals surface area contributed by atoms with Crippen LogP contribution < -0.4 is 5.32 Å². The second-order valence-electron chi connectivity index (χ2n) is 6.20. The number of benzene rings is 1. The summed E-state index contributed by atoms with van der Waals surface area (Å²) in [5.41, 5.74) is -0.763. The van der Waals surface area contributed by atoms with E-state index in [9.17, 15) is 18.8 Å². The molecule has 2 amide bonds. The largest absolute Gasteiger partial charge is 0.455 e. The predicted octanol–water partition coefficient (Wildman–Crippen LogP) is 3.20. The molecule has 1 aliphatic carbocycles. The van der Waals surface area contributed by atoms with E-state index in [0.717, 1.165) is 12.8 Å². The number of nitrogens with one attached hydrogen (secondary N) is 1. The second kappa shape index (κ2) is 7.78. The Balaban J connectivity index is 1.65. The first-order valence-electron chi connectivity index (χ1n) is 8.33. The topological polar surface area (TPSA) is 72.5 Å². The fraction of sp³-hybridized carbons (Fsp3) is 0.316. The standard InChI is InChI=1S/C19H18FNO4S/c20-14-7-2-1-6-13(14)19(9-3-4-10-19)18(24)25-12-16(22)21-17(23)15-8-5-11-26-15/h1-2,5-8,11H,3-4,9-10,12H2,(H,21,22,23). The molecule has 26 heavy (non-hydrogen) atoms. The van der Waals surface area contributed by atoms with E-state index >= 15 is 0 Å². The molecule has 1 fully saturated rings. The molecule has 2 aromatic rings. The van der Waals surface area contributed by atoms with Crippen LogP contribution in [0.15, 0.2) is 41.8 Å². The Bertz CT molecular complexity index is 813.